The molecule has 2 unspecified atom stereocenters. The van der Waals surface area contributed by atoms with E-state index < -0.39 is 15.6 Å². The highest BCUT2D eigenvalue weighted by Gasteiger charge is 2.38. The fourth-order valence-corrected chi connectivity index (χ4v) is 6.20. The van der Waals surface area contributed by atoms with Crippen LogP contribution in [0.25, 0.3) is 11.4 Å². The number of nitrogens with two attached hydrogens (primary N) is 1. The monoisotopic (exact) mass is 541 g/mol. The van der Waals surface area contributed by atoms with Gasteiger partial charge >= 0.3 is 5.63 Å². The molecule has 3 heterocycles. The van der Waals surface area contributed by atoms with Crippen LogP contribution in [0.15, 0.2) is 50.8 Å². The number of hydrogen-bond donors (Lipinski definition) is 2. The maximum atomic E-state index is 13.4. The van der Waals surface area contributed by atoms with Crippen molar-refractivity contribution in [1.82, 2.24) is 9.55 Å². The van der Waals surface area contributed by atoms with Crippen LogP contribution in [-0.4, -0.2) is 36.3 Å². The van der Waals surface area contributed by atoms with Gasteiger partial charge in [0.25, 0.3) is 10.0 Å². The summed E-state index contributed by atoms with van der Waals surface area (Å²) in [5.74, 6) is 1.39. The second-order valence-electron chi connectivity index (χ2n) is 10.6. The molecular weight excluding hydrogens is 506 g/mol. The second-order valence-corrected chi connectivity index (χ2v) is 12.1. The molecule has 1 aliphatic heterocycles. The van der Waals surface area contributed by atoms with Gasteiger partial charge < -0.3 is 18.8 Å². The number of ether oxygens (including phenoxy) is 1. The van der Waals surface area contributed by atoms with Crippen molar-refractivity contribution in [2.24, 2.45) is 24.0 Å². The molecule has 0 bridgehead atoms. The molecule has 0 amide bonds. The van der Waals surface area contributed by atoms with Gasteiger partial charge in [-0.3, -0.25) is 0 Å². The summed E-state index contributed by atoms with van der Waals surface area (Å²) in [6.45, 7) is 3.60. The third kappa shape index (κ3) is 5.57. The summed E-state index contributed by atoms with van der Waals surface area (Å²) in [5, 5.41) is 16.2. The maximum Gasteiger partial charge on any atom is 0.343 e. The first-order valence-corrected chi connectivity index (χ1v) is 14.8. The zero-order valence-electron chi connectivity index (χ0n) is 21.8. The minimum Gasteiger partial charge on any atom is -0.507 e. The number of hydrogen-bond acceptors (Lipinski definition) is 7. The average Bonchev–Trinajstić information content (AvgIpc) is 3.64. The lowest BCUT2D eigenvalue weighted by Crippen LogP contribution is -2.20. The Labute approximate surface area is 222 Å². The molecule has 9 nitrogen and oxygen atoms in total. The van der Waals surface area contributed by atoms with Gasteiger partial charge in [0, 0.05) is 49.9 Å². The van der Waals surface area contributed by atoms with Gasteiger partial charge in [-0.2, -0.15) is 0 Å². The lowest BCUT2D eigenvalue weighted by Gasteiger charge is -2.26. The summed E-state index contributed by atoms with van der Waals surface area (Å²) in [6.07, 6.45) is 6.97. The lowest BCUT2D eigenvalue weighted by molar-refractivity contribution is 0.0606. The fraction of sp³-hybridized carbons (Fsp3) is 0.500. The molecular formula is C28H35N3O6S. The molecule has 1 aromatic carbocycles. The van der Waals surface area contributed by atoms with Crippen LogP contribution in [0.1, 0.15) is 74.2 Å². The summed E-state index contributed by atoms with van der Waals surface area (Å²) < 4.78 is 36.6. The van der Waals surface area contributed by atoms with Crippen molar-refractivity contribution in [2.75, 3.05) is 13.2 Å². The van der Waals surface area contributed by atoms with Crippen LogP contribution in [0.3, 0.4) is 0 Å². The number of primary sulfonamides is 1. The molecule has 1 saturated carbocycles. The van der Waals surface area contributed by atoms with Crippen molar-refractivity contribution in [3.8, 4) is 17.1 Å². The molecule has 0 radical (unpaired) electrons. The second kappa shape index (κ2) is 10.7. The molecule has 2 aliphatic rings. The van der Waals surface area contributed by atoms with Crippen molar-refractivity contribution < 1.29 is 22.7 Å². The Bertz CT molecular complexity index is 1470. The normalized spacial score (nSPS) is 18.4. The van der Waals surface area contributed by atoms with E-state index >= 15 is 0 Å². The van der Waals surface area contributed by atoms with Crippen molar-refractivity contribution in [3.63, 3.8) is 0 Å². The van der Waals surface area contributed by atoms with Gasteiger partial charge in [-0.05, 0) is 62.0 Å². The maximum absolute atomic E-state index is 13.4. The number of imidazole rings is 1. The summed E-state index contributed by atoms with van der Waals surface area (Å²) in [4.78, 5) is 17.6. The molecule has 0 spiro atoms. The fourth-order valence-electron chi connectivity index (χ4n) is 5.68. The van der Waals surface area contributed by atoms with Crippen LogP contribution in [0.5, 0.6) is 5.75 Å². The van der Waals surface area contributed by atoms with Crippen LogP contribution in [0.2, 0.25) is 0 Å². The SMILES string of the molecule is CCC(CC1CCOCC1)c1cc(O)c(C(c2cccc(-c3nc(S(N)(=O)=O)cn3C)c2)C2CC2)c(=O)o1. The zero-order valence-corrected chi connectivity index (χ0v) is 22.6. The first-order valence-electron chi connectivity index (χ1n) is 13.3. The summed E-state index contributed by atoms with van der Waals surface area (Å²) in [6, 6.07) is 9.13. The quantitative estimate of drug-likeness (QED) is 0.413. The Morgan fingerprint density at radius 2 is 1.92 bits per heavy atom. The molecule has 3 aromatic rings. The molecule has 2 aromatic heterocycles. The minimum absolute atomic E-state index is 0.0301. The summed E-state index contributed by atoms with van der Waals surface area (Å²) >= 11 is 0. The Morgan fingerprint density at radius 3 is 2.53 bits per heavy atom. The summed E-state index contributed by atoms with van der Waals surface area (Å²) in [7, 11) is -2.24. The summed E-state index contributed by atoms with van der Waals surface area (Å²) in [5.41, 5.74) is 1.31. The molecule has 1 saturated heterocycles. The van der Waals surface area contributed by atoms with Crippen molar-refractivity contribution in [1.29, 1.82) is 0 Å². The molecule has 5 rings (SSSR count). The van der Waals surface area contributed by atoms with Gasteiger partial charge in [0.1, 0.15) is 17.3 Å². The Hall–Kier alpha value is -2.95. The van der Waals surface area contributed by atoms with E-state index in [0.29, 0.717) is 23.1 Å². The highest BCUT2D eigenvalue weighted by Crippen LogP contribution is 2.48. The van der Waals surface area contributed by atoms with E-state index in [1.807, 2.05) is 24.3 Å². The van der Waals surface area contributed by atoms with Crippen LogP contribution >= 0.6 is 0 Å². The average molecular weight is 542 g/mol. The van der Waals surface area contributed by atoms with Crippen LogP contribution in [-0.2, 0) is 21.8 Å². The van der Waals surface area contributed by atoms with Crippen LogP contribution < -0.4 is 10.8 Å². The molecule has 2 fully saturated rings. The van der Waals surface area contributed by atoms with Gasteiger partial charge in [0.05, 0.1) is 5.56 Å². The predicted octanol–water partition coefficient (Wildman–Crippen LogP) is 4.25. The molecule has 204 valence electrons. The third-order valence-electron chi connectivity index (χ3n) is 7.89. The third-order valence-corrected chi connectivity index (χ3v) is 8.67. The number of aryl methyl sites for hydroxylation is 1. The Kier molecular flexibility index (Phi) is 7.48. The first-order chi connectivity index (χ1) is 18.2. The van der Waals surface area contributed by atoms with Gasteiger partial charge in [0.15, 0.2) is 5.03 Å². The highest BCUT2D eigenvalue weighted by molar-refractivity contribution is 7.89. The number of benzene rings is 1. The van der Waals surface area contributed by atoms with Crippen molar-refractivity contribution >= 4 is 10.0 Å². The van der Waals surface area contributed by atoms with Crippen LogP contribution in [0.4, 0.5) is 0 Å². The van der Waals surface area contributed by atoms with E-state index in [4.69, 9.17) is 14.3 Å². The molecule has 2 atom stereocenters. The molecule has 38 heavy (non-hydrogen) atoms. The molecule has 1 aliphatic carbocycles. The standard InChI is InChI=1S/C28H35N3O6S/c1-3-18(13-17-9-11-36-12-10-17)23-15-22(32)26(28(33)37-23)25(19-7-8-19)20-5-4-6-21(14-20)27-30-24(16-31(27)2)38(29,34)35/h4-6,14-19,25,32H,3,7-13H2,1-2H3,(H2,29,34,35). The highest BCUT2D eigenvalue weighted by atomic mass is 32.2. The topological polar surface area (TPSA) is 138 Å². The van der Waals surface area contributed by atoms with Gasteiger partial charge in [-0.25, -0.2) is 23.3 Å². The van der Waals surface area contributed by atoms with Gasteiger partial charge in [0.2, 0.25) is 0 Å². The number of rotatable bonds is 9. The van der Waals surface area contributed by atoms with E-state index in [2.05, 4.69) is 11.9 Å². The van der Waals surface area contributed by atoms with Gasteiger partial charge in [-0.1, -0.05) is 25.1 Å². The van der Waals surface area contributed by atoms with E-state index in [1.54, 1.807) is 17.7 Å². The van der Waals surface area contributed by atoms with Crippen molar-refractivity contribution in [2.45, 2.75) is 62.3 Å². The zero-order chi connectivity index (χ0) is 27.0. The Balaban J connectivity index is 1.48. The lowest BCUT2D eigenvalue weighted by atomic mass is 9.84. The number of aromatic nitrogens is 2. The Morgan fingerprint density at radius 1 is 1.18 bits per heavy atom. The minimum atomic E-state index is -3.94. The van der Waals surface area contributed by atoms with Crippen LogP contribution in [0, 0.1) is 11.8 Å². The van der Waals surface area contributed by atoms with Gasteiger partial charge in [-0.15, -0.1) is 0 Å². The molecule has 3 N–H and O–H groups in total. The van der Waals surface area contributed by atoms with Crippen molar-refractivity contribution in [3.05, 3.63) is 63.8 Å². The van der Waals surface area contributed by atoms with E-state index in [-0.39, 0.29) is 34.1 Å². The number of aromatic hydroxyl groups is 1. The number of sulfonamides is 1. The smallest absolute Gasteiger partial charge is 0.343 e. The van der Waals surface area contributed by atoms with E-state index in [1.165, 1.54) is 6.20 Å². The molecule has 10 heteroatoms. The van der Waals surface area contributed by atoms with E-state index in [9.17, 15) is 18.3 Å². The predicted molar refractivity (Wildman–Crippen MR) is 142 cm³/mol. The van der Waals surface area contributed by atoms with E-state index in [0.717, 1.165) is 57.3 Å². The number of nitrogens with zero attached hydrogens (tertiary/aromatic N) is 2. The first kappa shape index (κ1) is 26.6. The largest absolute Gasteiger partial charge is 0.507 e.